The van der Waals surface area contributed by atoms with Crippen LogP contribution in [0.2, 0.25) is 0 Å². The highest BCUT2D eigenvalue weighted by Crippen LogP contribution is 2.36. The van der Waals surface area contributed by atoms with Gasteiger partial charge in [0, 0.05) is 42.7 Å². The highest BCUT2D eigenvalue weighted by Gasteiger charge is 2.27. The molecule has 6 heteroatoms. The zero-order valence-electron chi connectivity index (χ0n) is 16.2. The Morgan fingerprint density at radius 3 is 2.68 bits per heavy atom. The maximum Gasteiger partial charge on any atom is 0.141 e. The maximum absolute atomic E-state index is 8.94. The van der Waals surface area contributed by atoms with Crippen molar-refractivity contribution in [3.05, 3.63) is 53.4 Å². The van der Waals surface area contributed by atoms with Crippen molar-refractivity contribution in [1.29, 1.82) is 5.26 Å². The van der Waals surface area contributed by atoms with Crippen LogP contribution in [0.25, 0.3) is 5.70 Å². The van der Waals surface area contributed by atoms with Crippen LogP contribution in [0.4, 0.5) is 11.5 Å². The quantitative estimate of drug-likeness (QED) is 0.760. The van der Waals surface area contributed by atoms with Gasteiger partial charge in [0.2, 0.25) is 0 Å². The molecule has 0 spiro atoms. The molecule has 4 N–H and O–H groups in total. The van der Waals surface area contributed by atoms with Gasteiger partial charge in [-0.05, 0) is 61.9 Å². The molecule has 0 amide bonds. The van der Waals surface area contributed by atoms with Gasteiger partial charge in [-0.3, -0.25) is 0 Å². The van der Waals surface area contributed by atoms with Gasteiger partial charge in [0.1, 0.15) is 5.82 Å². The molecular formula is C22H26N6. The monoisotopic (exact) mass is 374 g/mol. The number of benzene rings is 1. The number of aromatic nitrogens is 1. The molecule has 1 fully saturated rings. The van der Waals surface area contributed by atoms with Crippen molar-refractivity contribution in [3.63, 3.8) is 0 Å². The fourth-order valence-electron chi connectivity index (χ4n) is 4.29. The molecule has 144 valence electrons. The van der Waals surface area contributed by atoms with Gasteiger partial charge >= 0.3 is 0 Å². The summed E-state index contributed by atoms with van der Waals surface area (Å²) in [6.45, 7) is 1.03. The molecule has 0 radical (unpaired) electrons. The van der Waals surface area contributed by atoms with E-state index >= 15 is 0 Å². The van der Waals surface area contributed by atoms with Gasteiger partial charge in [-0.25, -0.2) is 4.99 Å². The highest BCUT2D eigenvalue weighted by atomic mass is 15.1. The molecule has 0 saturated heterocycles. The predicted octanol–water partition coefficient (Wildman–Crippen LogP) is 3.72. The molecular weight excluding hydrogens is 348 g/mol. The standard InChI is InChI=1S/C22H26N6/c1-28(18-8-4-15(12-23)5-9-18)13-16-2-6-17(7-3-16)20(24)21-19-10-11-25-22(19)27-14-26-21/h4-5,8-11,14,16-17,25H,2-3,6-7,13,24H2,1H3,(H,26,27)/b21-20-. The number of hydrogen-bond donors (Lipinski definition) is 3. The van der Waals surface area contributed by atoms with E-state index < -0.39 is 0 Å². The van der Waals surface area contributed by atoms with Gasteiger partial charge in [-0.2, -0.15) is 5.26 Å². The predicted molar refractivity (Wildman–Crippen MR) is 113 cm³/mol. The van der Waals surface area contributed by atoms with Crippen molar-refractivity contribution in [3.8, 4) is 6.07 Å². The van der Waals surface area contributed by atoms with E-state index in [1.54, 1.807) is 6.34 Å². The van der Waals surface area contributed by atoms with Gasteiger partial charge in [0.05, 0.1) is 23.7 Å². The highest BCUT2D eigenvalue weighted by molar-refractivity contribution is 5.87. The zero-order chi connectivity index (χ0) is 19.5. The average Bonchev–Trinajstić information content (AvgIpc) is 3.23. The Morgan fingerprint density at radius 2 is 1.96 bits per heavy atom. The lowest BCUT2D eigenvalue weighted by atomic mass is 9.79. The Bertz CT molecular complexity index is 923. The minimum Gasteiger partial charge on any atom is -0.400 e. The Labute approximate surface area is 165 Å². The van der Waals surface area contributed by atoms with E-state index in [1.165, 1.54) is 12.8 Å². The molecule has 1 aliphatic carbocycles. The fourth-order valence-corrected chi connectivity index (χ4v) is 4.29. The molecule has 1 saturated carbocycles. The molecule has 2 aliphatic rings. The van der Waals surface area contributed by atoms with Crippen molar-refractivity contribution in [2.24, 2.45) is 22.6 Å². The van der Waals surface area contributed by atoms with Crippen LogP contribution in [0.3, 0.4) is 0 Å². The minimum atomic E-state index is 0.410. The number of nitrogens with zero attached hydrogens (tertiary/aromatic N) is 3. The third kappa shape index (κ3) is 3.61. The van der Waals surface area contributed by atoms with Crippen LogP contribution in [0.5, 0.6) is 0 Å². The van der Waals surface area contributed by atoms with E-state index in [4.69, 9.17) is 11.0 Å². The summed E-state index contributed by atoms with van der Waals surface area (Å²) < 4.78 is 0. The Kier molecular flexibility index (Phi) is 5.07. The van der Waals surface area contributed by atoms with Gasteiger partial charge in [-0.15, -0.1) is 0 Å². The number of nitrogens with one attached hydrogen (secondary N) is 2. The first-order chi connectivity index (χ1) is 13.7. The Balaban J connectivity index is 1.36. The lowest BCUT2D eigenvalue weighted by molar-refractivity contribution is 0.304. The van der Waals surface area contributed by atoms with Crippen LogP contribution in [0, 0.1) is 23.2 Å². The second-order valence-electron chi connectivity index (χ2n) is 7.73. The molecule has 4 rings (SSSR count). The van der Waals surface area contributed by atoms with E-state index in [2.05, 4.69) is 33.3 Å². The van der Waals surface area contributed by atoms with Crippen LogP contribution < -0.4 is 16.0 Å². The first-order valence-electron chi connectivity index (χ1n) is 9.83. The number of hydrogen-bond acceptors (Lipinski definition) is 5. The normalized spacial score (nSPS) is 22.7. The number of rotatable bonds is 4. The molecule has 1 aromatic carbocycles. The lowest BCUT2D eigenvalue weighted by Gasteiger charge is -2.33. The van der Waals surface area contributed by atoms with Crippen molar-refractivity contribution in [2.75, 3.05) is 18.5 Å². The molecule has 2 aromatic rings. The number of H-pyrrole nitrogens is 1. The van der Waals surface area contributed by atoms with Crippen LogP contribution in [-0.4, -0.2) is 24.9 Å². The molecule has 0 atom stereocenters. The van der Waals surface area contributed by atoms with Crippen LogP contribution >= 0.6 is 0 Å². The van der Waals surface area contributed by atoms with E-state index in [0.717, 1.165) is 47.8 Å². The third-order valence-corrected chi connectivity index (χ3v) is 5.94. The molecule has 6 nitrogen and oxygen atoms in total. The summed E-state index contributed by atoms with van der Waals surface area (Å²) in [4.78, 5) is 9.75. The Hall–Kier alpha value is -3.20. The summed E-state index contributed by atoms with van der Waals surface area (Å²) >= 11 is 0. The summed E-state index contributed by atoms with van der Waals surface area (Å²) in [7, 11) is 2.13. The average molecular weight is 374 g/mol. The number of nitriles is 1. The largest absolute Gasteiger partial charge is 0.400 e. The van der Waals surface area contributed by atoms with Gasteiger partial charge in [0.25, 0.3) is 0 Å². The molecule has 1 aromatic heterocycles. The maximum atomic E-state index is 8.94. The van der Waals surface area contributed by atoms with Gasteiger partial charge in [-0.1, -0.05) is 0 Å². The molecule has 0 unspecified atom stereocenters. The molecule has 1 aliphatic heterocycles. The number of allylic oxidation sites excluding steroid dienone is 1. The summed E-state index contributed by atoms with van der Waals surface area (Å²) in [5.41, 5.74) is 11.4. The van der Waals surface area contributed by atoms with E-state index in [-0.39, 0.29) is 0 Å². The van der Waals surface area contributed by atoms with Crippen molar-refractivity contribution in [2.45, 2.75) is 25.7 Å². The van der Waals surface area contributed by atoms with Crippen LogP contribution in [-0.2, 0) is 0 Å². The topological polar surface area (TPSA) is 93.2 Å². The van der Waals surface area contributed by atoms with Crippen molar-refractivity contribution < 1.29 is 0 Å². The SMILES string of the molecule is CN(CC1CCC(/C(N)=C2/NC=Nc3[nH]ccc32)CC1)c1ccc(C#N)cc1. The van der Waals surface area contributed by atoms with Crippen LogP contribution in [0.15, 0.2) is 47.2 Å². The third-order valence-electron chi connectivity index (χ3n) is 5.94. The Morgan fingerprint density at radius 1 is 1.21 bits per heavy atom. The van der Waals surface area contributed by atoms with E-state index in [0.29, 0.717) is 17.4 Å². The summed E-state index contributed by atoms with van der Waals surface area (Å²) in [6, 6.07) is 12.0. The minimum absolute atomic E-state index is 0.410. The van der Waals surface area contributed by atoms with Gasteiger partial charge in [0.15, 0.2) is 0 Å². The van der Waals surface area contributed by atoms with Crippen LogP contribution in [0.1, 0.15) is 36.8 Å². The summed E-state index contributed by atoms with van der Waals surface area (Å²) in [5.74, 6) is 1.95. The fraction of sp³-hybridized carbons (Fsp3) is 0.364. The number of aromatic amines is 1. The van der Waals surface area contributed by atoms with Crippen molar-refractivity contribution in [1.82, 2.24) is 10.3 Å². The smallest absolute Gasteiger partial charge is 0.141 e. The molecule has 28 heavy (non-hydrogen) atoms. The first-order valence-corrected chi connectivity index (χ1v) is 9.83. The second-order valence-corrected chi connectivity index (χ2v) is 7.73. The first kappa shape index (κ1) is 18.2. The van der Waals surface area contributed by atoms with E-state index in [1.807, 2.05) is 36.5 Å². The van der Waals surface area contributed by atoms with Gasteiger partial charge < -0.3 is 20.9 Å². The zero-order valence-corrected chi connectivity index (χ0v) is 16.2. The molecule has 2 heterocycles. The number of aliphatic imine (C=N–C) groups is 1. The summed E-state index contributed by atoms with van der Waals surface area (Å²) in [6.07, 6.45) is 8.18. The van der Waals surface area contributed by atoms with Crippen molar-refractivity contribution >= 4 is 23.5 Å². The number of anilines is 1. The lowest BCUT2D eigenvalue weighted by Crippen LogP contribution is -2.30. The summed E-state index contributed by atoms with van der Waals surface area (Å²) in [5, 5.41) is 12.2. The van der Waals surface area contributed by atoms with E-state index in [9.17, 15) is 0 Å². The second kappa shape index (κ2) is 7.81. The molecule has 0 bridgehead atoms. The number of nitrogens with two attached hydrogens (primary N) is 1. The number of fused-ring (bicyclic) bond motifs is 1.